The van der Waals surface area contributed by atoms with Gasteiger partial charge in [-0.05, 0) is 34.7 Å². The van der Waals surface area contributed by atoms with Crippen molar-refractivity contribution in [1.29, 1.82) is 0 Å². The summed E-state index contributed by atoms with van der Waals surface area (Å²) < 4.78 is 20.0. The Balaban J connectivity index is 1.97. The molecule has 104 valence electrons. The second-order valence-corrected chi connectivity index (χ2v) is 5.87. The van der Waals surface area contributed by atoms with Crippen LogP contribution in [0.25, 0.3) is 0 Å². The zero-order valence-corrected chi connectivity index (χ0v) is 12.9. The molecule has 3 rings (SSSR count). The first-order chi connectivity index (χ1) is 9.65. The van der Waals surface area contributed by atoms with E-state index in [1.807, 2.05) is 46.9 Å². The molecule has 1 aliphatic rings. The van der Waals surface area contributed by atoms with E-state index in [1.165, 1.54) is 6.07 Å². The van der Waals surface area contributed by atoms with Crippen molar-refractivity contribution in [2.24, 2.45) is 0 Å². The van der Waals surface area contributed by atoms with Gasteiger partial charge in [-0.2, -0.15) is 0 Å². The first kappa shape index (κ1) is 13.5. The van der Waals surface area contributed by atoms with E-state index in [0.29, 0.717) is 29.0 Å². The maximum Gasteiger partial charge on any atom is 0.138 e. The molecule has 0 amide bonds. The molecule has 2 aromatic rings. The maximum absolute atomic E-state index is 13.8. The van der Waals surface area contributed by atoms with Crippen LogP contribution in [0.3, 0.4) is 0 Å². The summed E-state index contributed by atoms with van der Waals surface area (Å²) in [6, 6.07) is 11.1. The number of ether oxygens (including phenoxy) is 1. The molecule has 1 aliphatic heterocycles. The van der Waals surface area contributed by atoms with Crippen molar-refractivity contribution in [3.8, 4) is 5.75 Å². The van der Waals surface area contributed by atoms with Crippen molar-refractivity contribution < 1.29 is 9.13 Å². The van der Waals surface area contributed by atoms with Gasteiger partial charge in [0.15, 0.2) is 0 Å². The van der Waals surface area contributed by atoms with Gasteiger partial charge in [0.05, 0.1) is 21.5 Å². The third-order valence-corrected chi connectivity index (χ3v) is 4.19. The third-order valence-electron chi connectivity index (χ3n) is 3.36. The van der Waals surface area contributed by atoms with Crippen LogP contribution in [0.5, 0.6) is 5.75 Å². The molecule has 0 unspecified atom stereocenters. The van der Waals surface area contributed by atoms with Gasteiger partial charge in [-0.25, -0.2) is 4.39 Å². The standard InChI is InChI=1S/C15H14FIN2O/c16-11-7-14(13(18)8-12(11)17)19-5-6-20-15-4-2-1-3-10(15)9-19/h1-4,7-8H,5-6,9,18H2. The molecule has 2 N–H and O–H groups in total. The number of nitrogens with two attached hydrogens (primary N) is 1. The van der Waals surface area contributed by atoms with Gasteiger partial charge in [-0.15, -0.1) is 0 Å². The van der Waals surface area contributed by atoms with Crippen molar-refractivity contribution in [3.05, 3.63) is 51.3 Å². The number of para-hydroxylation sites is 1. The molecule has 0 radical (unpaired) electrons. The topological polar surface area (TPSA) is 38.5 Å². The summed E-state index contributed by atoms with van der Waals surface area (Å²) in [7, 11) is 0. The number of anilines is 2. The summed E-state index contributed by atoms with van der Waals surface area (Å²) in [5.74, 6) is 0.646. The molecule has 0 saturated carbocycles. The minimum absolute atomic E-state index is 0.242. The number of nitrogens with zero attached hydrogens (tertiary/aromatic N) is 1. The Labute approximate surface area is 130 Å². The first-order valence-electron chi connectivity index (χ1n) is 6.35. The van der Waals surface area contributed by atoms with Crippen molar-refractivity contribution >= 4 is 34.0 Å². The molecule has 0 aromatic heterocycles. The normalized spacial score (nSPS) is 14.4. The number of hydrogen-bond acceptors (Lipinski definition) is 3. The van der Waals surface area contributed by atoms with Crippen molar-refractivity contribution in [2.75, 3.05) is 23.8 Å². The molecule has 0 fully saturated rings. The van der Waals surface area contributed by atoms with E-state index in [1.54, 1.807) is 6.07 Å². The van der Waals surface area contributed by atoms with E-state index >= 15 is 0 Å². The Morgan fingerprint density at radius 1 is 1.25 bits per heavy atom. The predicted molar refractivity (Wildman–Crippen MR) is 86.5 cm³/mol. The van der Waals surface area contributed by atoms with Gasteiger partial charge in [0.2, 0.25) is 0 Å². The highest BCUT2D eigenvalue weighted by atomic mass is 127. The van der Waals surface area contributed by atoms with Crippen LogP contribution < -0.4 is 15.4 Å². The van der Waals surface area contributed by atoms with Crippen LogP contribution in [-0.4, -0.2) is 13.2 Å². The zero-order valence-electron chi connectivity index (χ0n) is 10.8. The lowest BCUT2D eigenvalue weighted by atomic mass is 10.1. The maximum atomic E-state index is 13.8. The highest BCUT2D eigenvalue weighted by Crippen LogP contribution is 2.31. The summed E-state index contributed by atoms with van der Waals surface area (Å²) >= 11 is 1.95. The Hall–Kier alpha value is -1.50. The largest absolute Gasteiger partial charge is 0.491 e. The van der Waals surface area contributed by atoms with Crippen LogP contribution in [0, 0.1) is 9.39 Å². The third kappa shape index (κ3) is 2.54. The van der Waals surface area contributed by atoms with E-state index in [2.05, 4.69) is 4.90 Å². The molecule has 3 nitrogen and oxygen atoms in total. The molecular formula is C15H14FIN2O. The van der Waals surface area contributed by atoms with Gasteiger partial charge in [-0.1, -0.05) is 18.2 Å². The fourth-order valence-corrected chi connectivity index (χ4v) is 2.85. The Morgan fingerprint density at radius 3 is 2.90 bits per heavy atom. The number of rotatable bonds is 1. The number of halogens is 2. The van der Waals surface area contributed by atoms with E-state index in [9.17, 15) is 4.39 Å². The zero-order chi connectivity index (χ0) is 14.1. The van der Waals surface area contributed by atoms with Crippen LogP contribution in [0.2, 0.25) is 0 Å². The molecule has 0 aliphatic carbocycles. The van der Waals surface area contributed by atoms with E-state index in [4.69, 9.17) is 10.5 Å². The summed E-state index contributed by atoms with van der Waals surface area (Å²) in [4.78, 5) is 2.06. The van der Waals surface area contributed by atoms with Crippen molar-refractivity contribution in [2.45, 2.75) is 6.54 Å². The Morgan fingerprint density at radius 2 is 2.05 bits per heavy atom. The monoisotopic (exact) mass is 384 g/mol. The molecule has 0 spiro atoms. The number of benzene rings is 2. The summed E-state index contributed by atoms with van der Waals surface area (Å²) in [5, 5.41) is 0. The van der Waals surface area contributed by atoms with Crippen molar-refractivity contribution in [1.82, 2.24) is 0 Å². The van der Waals surface area contributed by atoms with Gasteiger partial charge in [0.1, 0.15) is 18.2 Å². The predicted octanol–water partition coefficient (Wildman–Crippen LogP) is 3.41. The van der Waals surface area contributed by atoms with Crippen LogP contribution >= 0.6 is 22.6 Å². The second-order valence-electron chi connectivity index (χ2n) is 4.70. The fraction of sp³-hybridized carbons (Fsp3) is 0.200. The van der Waals surface area contributed by atoms with E-state index in [-0.39, 0.29) is 5.82 Å². The van der Waals surface area contributed by atoms with Gasteiger partial charge >= 0.3 is 0 Å². The summed E-state index contributed by atoms with van der Waals surface area (Å²) in [6.45, 7) is 1.91. The molecular weight excluding hydrogens is 370 g/mol. The molecule has 0 atom stereocenters. The Kier molecular flexibility index (Phi) is 3.69. The van der Waals surface area contributed by atoms with Crippen LogP contribution in [-0.2, 0) is 6.54 Å². The molecule has 20 heavy (non-hydrogen) atoms. The highest BCUT2D eigenvalue weighted by molar-refractivity contribution is 14.1. The lowest BCUT2D eigenvalue weighted by molar-refractivity contribution is 0.331. The second kappa shape index (κ2) is 5.47. The minimum Gasteiger partial charge on any atom is -0.491 e. The average Bonchev–Trinajstić information content (AvgIpc) is 2.65. The number of hydrogen-bond donors (Lipinski definition) is 1. The molecule has 1 heterocycles. The van der Waals surface area contributed by atoms with Crippen LogP contribution in [0.15, 0.2) is 36.4 Å². The molecule has 5 heteroatoms. The molecule has 2 aromatic carbocycles. The van der Waals surface area contributed by atoms with Crippen LogP contribution in [0.4, 0.5) is 15.8 Å². The van der Waals surface area contributed by atoms with Gasteiger partial charge in [-0.3, -0.25) is 0 Å². The SMILES string of the molecule is Nc1cc(I)c(F)cc1N1CCOc2ccccc2C1. The lowest BCUT2D eigenvalue weighted by Gasteiger charge is -2.24. The van der Waals surface area contributed by atoms with Gasteiger partial charge in [0.25, 0.3) is 0 Å². The smallest absolute Gasteiger partial charge is 0.138 e. The van der Waals surface area contributed by atoms with E-state index < -0.39 is 0 Å². The first-order valence-corrected chi connectivity index (χ1v) is 7.43. The van der Waals surface area contributed by atoms with Crippen molar-refractivity contribution in [3.63, 3.8) is 0 Å². The Bertz CT molecular complexity index is 648. The van der Waals surface area contributed by atoms with Crippen LogP contribution in [0.1, 0.15) is 5.56 Å². The quantitative estimate of drug-likeness (QED) is 0.605. The minimum atomic E-state index is -0.242. The van der Waals surface area contributed by atoms with E-state index in [0.717, 1.165) is 17.0 Å². The lowest BCUT2D eigenvalue weighted by Crippen LogP contribution is -2.26. The van der Waals surface area contributed by atoms with Gasteiger partial charge < -0.3 is 15.4 Å². The number of nitrogen functional groups attached to an aromatic ring is 1. The summed E-state index contributed by atoms with van der Waals surface area (Å²) in [6.07, 6.45) is 0. The fourth-order valence-electron chi connectivity index (χ4n) is 2.36. The van der Waals surface area contributed by atoms with Gasteiger partial charge in [0, 0.05) is 18.2 Å². The highest BCUT2D eigenvalue weighted by Gasteiger charge is 2.18. The average molecular weight is 384 g/mol. The molecule has 0 saturated heterocycles. The number of fused-ring (bicyclic) bond motifs is 1. The molecule has 0 bridgehead atoms. The summed E-state index contributed by atoms with van der Waals surface area (Å²) in [5.41, 5.74) is 8.44.